The summed E-state index contributed by atoms with van der Waals surface area (Å²) in [7, 11) is 0. The van der Waals surface area contributed by atoms with Crippen LogP contribution in [-0.4, -0.2) is 10.7 Å². The third-order valence-corrected chi connectivity index (χ3v) is 5.33. The van der Waals surface area contributed by atoms with Crippen LogP contribution in [0.5, 0.6) is 0 Å². The van der Waals surface area contributed by atoms with Gasteiger partial charge in [-0.1, -0.05) is 13.8 Å². The third kappa shape index (κ3) is 1.72. The number of hydrogen-bond donors (Lipinski definition) is 0. The van der Waals surface area contributed by atoms with Crippen LogP contribution in [0.4, 0.5) is 0 Å². The molecule has 4 fully saturated rings. The van der Waals surface area contributed by atoms with Gasteiger partial charge in [0.15, 0.2) is 0 Å². The Morgan fingerprint density at radius 1 is 1.24 bits per heavy atom. The van der Waals surface area contributed by atoms with Gasteiger partial charge in [0.25, 0.3) is 5.09 Å². The first-order valence-corrected chi connectivity index (χ1v) is 6.82. The molecule has 0 N–H and O–H groups in total. The van der Waals surface area contributed by atoms with E-state index in [4.69, 9.17) is 4.84 Å². The second kappa shape index (κ2) is 3.59. The summed E-state index contributed by atoms with van der Waals surface area (Å²) in [6, 6.07) is 0. The van der Waals surface area contributed by atoms with Crippen LogP contribution in [0.1, 0.15) is 46.0 Å². The Morgan fingerprint density at radius 2 is 1.82 bits per heavy atom. The lowest BCUT2D eigenvalue weighted by atomic mass is 9.48. The summed E-state index contributed by atoms with van der Waals surface area (Å²) in [5, 5.41) is 10.1. The molecule has 4 rings (SSSR count). The molecule has 0 aliphatic heterocycles. The molecule has 4 aliphatic carbocycles. The Labute approximate surface area is 102 Å². The lowest BCUT2D eigenvalue weighted by Crippen LogP contribution is -2.57. The van der Waals surface area contributed by atoms with Gasteiger partial charge in [0.05, 0.1) is 0 Å². The summed E-state index contributed by atoms with van der Waals surface area (Å²) in [6.07, 6.45) is 5.32. The average Bonchev–Trinajstić information content (AvgIpc) is 2.11. The maximum atomic E-state index is 10.7. The largest absolute Gasteiger partial charge is 0.307 e. The number of hydrogen-bond acceptors (Lipinski definition) is 3. The minimum atomic E-state index is -0.558. The van der Waals surface area contributed by atoms with Crippen molar-refractivity contribution in [3.8, 4) is 0 Å². The molecule has 3 unspecified atom stereocenters. The molecular weight excluding hydrogens is 218 g/mol. The Hall–Kier alpha value is -0.800. The van der Waals surface area contributed by atoms with Crippen LogP contribution in [0.15, 0.2) is 0 Å². The molecule has 4 aliphatic rings. The van der Waals surface area contributed by atoms with E-state index in [2.05, 4.69) is 13.8 Å². The van der Waals surface area contributed by atoms with Crippen LogP contribution < -0.4 is 0 Å². The summed E-state index contributed by atoms with van der Waals surface area (Å²) < 4.78 is 0. The molecule has 17 heavy (non-hydrogen) atoms. The first-order chi connectivity index (χ1) is 7.99. The molecule has 0 aromatic rings. The molecule has 4 nitrogen and oxygen atoms in total. The minimum Gasteiger partial charge on any atom is -0.307 e. The first kappa shape index (κ1) is 11.3. The maximum Gasteiger partial charge on any atom is 0.295 e. The van der Waals surface area contributed by atoms with Crippen LogP contribution in [0.25, 0.3) is 0 Å². The topological polar surface area (TPSA) is 52.4 Å². The van der Waals surface area contributed by atoms with E-state index in [1.54, 1.807) is 0 Å². The third-order valence-electron chi connectivity index (χ3n) is 5.33. The molecule has 0 heterocycles. The summed E-state index contributed by atoms with van der Waals surface area (Å²) >= 11 is 0. The fourth-order valence-electron chi connectivity index (χ4n) is 5.35. The Morgan fingerprint density at radius 3 is 2.29 bits per heavy atom. The van der Waals surface area contributed by atoms with E-state index < -0.39 is 10.7 Å². The van der Waals surface area contributed by atoms with Crippen molar-refractivity contribution in [2.45, 2.75) is 51.6 Å². The molecule has 4 heteroatoms. The van der Waals surface area contributed by atoms with Gasteiger partial charge in [-0.05, 0) is 61.7 Å². The van der Waals surface area contributed by atoms with Crippen LogP contribution in [0.2, 0.25) is 0 Å². The van der Waals surface area contributed by atoms with Crippen LogP contribution >= 0.6 is 0 Å². The van der Waals surface area contributed by atoms with Crippen molar-refractivity contribution in [3.05, 3.63) is 10.1 Å². The highest BCUT2D eigenvalue weighted by Gasteiger charge is 2.57. The molecule has 4 saturated carbocycles. The Bertz CT molecular complexity index is 326. The molecular formula is C13H21NO3. The van der Waals surface area contributed by atoms with Gasteiger partial charge in [-0.3, -0.25) is 0 Å². The van der Waals surface area contributed by atoms with E-state index in [1.807, 2.05) is 0 Å². The molecule has 4 bridgehead atoms. The zero-order valence-corrected chi connectivity index (χ0v) is 10.6. The summed E-state index contributed by atoms with van der Waals surface area (Å²) in [5.74, 6) is 3.50. The van der Waals surface area contributed by atoms with Crippen molar-refractivity contribution < 1.29 is 9.92 Å². The van der Waals surface area contributed by atoms with Gasteiger partial charge in [0, 0.05) is 0 Å². The van der Waals surface area contributed by atoms with Crippen LogP contribution in [0.3, 0.4) is 0 Å². The van der Waals surface area contributed by atoms with Gasteiger partial charge in [0.1, 0.15) is 5.60 Å². The predicted octanol–water partition coefficient (Wildman–Crippen LogP) is 3.05. The van der Waals surface area contributed by atoms with E-state index >= 15 is 0 Å². The average molecular weight is 239 g/mol. The van der Waals surface area contributed by atoms with Gasteiger partial charge in [-0.15, -0.1) is 10.1 Å². The van der Waals surface area contributed by atoms with Crippen molar-refractivity contribution in [2.24, 2.45) is 29.6 Å². The standard InChI is InChI=1S/C13H21NO3/c1-8(2)12-10-3-9-4-11(12)7-13(5-9,6-10)17-14(15)16/h8-12H,3-7H2,1-2H3/t9?,10-,11+,12?,13?. The fraction of sp³-hybridized carbons (Fsp3) is 1.00. The van der Waals surface area contributed by atoms with Crippen LogP contribution in [-0.2, 0) is 4.84 Å². The smallest absolute Gasteiger partial charge is 0.295 e. The quantitative estimate of drug-likeness (QED) is 0.562. The SMILES string of the molecule is CC(C)C1[C@@H]2CC3C[C@H]1CC(O[N+](=O)[O-])(C3)C2. The van der Waals surface area contributed by atoms with Gasteiger partial charge in [0.2, 0.25) is 0 Å². The zero-order valence-electron chi connectivity index (χ0n) is 10.6. The van der Waals surface area contributed by atoms with E-state index in [9.17, 15) is 10.1 Å². The lowest BCUT2D eigenvalue weighted by Gasteiger charge is -2.59. The van der Waals surface area contributed by atoms with Crippen molar-refractivity contribution in [1.82, 2.24) is 0 Å². The van der Waals surface area contributed by atoms with Gasteiger partial charge >= 0.3 is 0 Å². The highest BCUT2D eigenvalue weighted by molar-refractivity contribution is 5.06. The molecule has 5 atom stereocenters. The molecule has 0 saturated heterocycles. The summed E-state index contributed by atoms with van der Waals surface area (Å²) in [4.78, 5) is 15.8. The van der Waals surface area contributed by atoms with E-state index in [1.165, 1.54) is 12.8 Å². The Balaban J connectivity index is 1.84. The van der Waals surface area contributed by atoms with E-state index in [0.717, 1.165) is 25.2 Å². The number of nitrogens with zero attached hydrogens (tertiary/aromatic N) is 1. The van der Waals surface area contributed by atoms with Crippen molar-refractivity contribution in [1.29, 1.82) is 0 Å². The summed E-state index contributed by atoms with van der Waals surface area (Å²) in [6.45, 7) is 4.60. The molecule has 96 valence electrons. The van der Waals surface area contributed by atoms with Crippen molar-refractivity contribution >= 4 is 0 Å². The lowest BCUT2D eigenvalue weighted by molar-refractivity contribution is -0.785. The van der Waals surface area contributed by atoms with Gasteiger partial charge < -0.3 is 4.84 Å². The highest BCUT2D eigenvalue weighted by atomic mass is 17.0. The molecule has 0 aromatic heterocycles. The normalized spacial score (nSPS) is 47.5. The molecule has 0 spiro atoms. The minimum absolute atomic E-state index is 0.411. The molecule has 0 radical (unpaired) electrons. The predicted molar refractivity (Wildman–Crippen MR) is 62.7 cm³/mol. The monoisotopic (exact) mass is 239 g/mol. The number of rotatable bonds is 3. The van der Waals surface area contributed by atoms with Crippen LogP contribution in [0, 0.1) is 39.7 Å². The van der Waals surface area contributed by atoms with Gasteiger partial charge in [-0.25, -0.2) is 0 Å². The zero-order chi connectivity index (χ0) is 12.2. The highest BCUT2D eigenvalue weighted by Crippen LogP contribution is 2.61. The fourth-order valence-corrected chi connectivity index (χ4v) is 5.35. The molecule has 0 aromatic carbocycles. The molecule has 0 amide bonds. The van der Waals surface area contributed by atoms with Crippen molar-refractivity contribution in [3.63, 3.8) is 0 Å². The maximum absolute atomic E-state index is 10.7. The second-order valence-electron chi connectivity index (χ2n) is 6.79. The Kier molecular flexibility index (Phi) is 2.39. The first-order valence-electron chi connectivity index (χ1n) is 6.82. The van der Waals surface area contributed by atoms with Gasteiger partial charge in [-0.2, -0.15) is 0 Å². The summed E-state index contributed by atoms with van der Waals surface area (Å²) in [5.41, 5.74) is -0.411. The van der Waals surface area contributed by atoms with E-state index in [0.29, 0.717) is 23.7 Å². The van der Waals surface area contributed by atoms with E-state index in [-0.39, 0.29) is 0 Å². The second-order valence-corrected chi connectivity index (χ2v) is 6.79. The van der Waals surface area contributed by atoms with Crippen molar-refractivity contribution in [2.75, 3.05) is 0 Å².